The van der Waals surface area contributed by atoms with Crippen molar-refractivity contribution in [3.05, 3.63) is 92.5 Å². The highest BCUT2D eigenvalue weighted by Gasteiger charge is 2.17. The van der Waals surface area contributed by atoms with E-state index in [-0.39, 0.29) is 17.4 Å². The average Bonchev–Trinajstić information content (AvgIpc) is 3.39. The molecule has 3 heterocycles. The van der Waals surface area contributed by atoms with Crippen LogP contribution in [-0.4, -0.2) is 35.4 Å². The number of aromatic nitrogens is 6. The van der Waals surface area contributed by atoms with Gasteiger partial charge in [0.05, 0.1) is 17.6 Å². The molecule has 0 aliphatic rings. The fraction of sp³-hybridized carbons (Fsp3) is 0.125. The smallest absolute Gasteiger partial charge is 0.263 e. The maximum atomic E-state index is 12.8. The average molecular weight is 474 g/mol. The number of benzene rings is 2. The molecular weight excluding hydrogens is 454 g/mol. The lowest BCUT2D eigenvalue weighted by molar-refractivity contribution is 0.102. The summed E-state index contributed by atoms with van der Waals surface area (Å²) in [4.78, 5) is 33.0. The van der Waals surface area contributed by atoms with Crippen molar-refractivity contribution in [2.75, 3.05) is 5.32 Å². The number of fused-ring (bicyclic) bond motifs is 1. The Kier molecular flexibility index (Phi) is 5.25. The summed E-state index contributed by atoms with van der Waals surface area (Å²) in [6, 6.07) is 14.1. The Morgan fingerprint density at radius 3 is 2.50 bits per heavy atom. The molecule has 0 saturated heterocycles. The normalized spacial score (nSPS) is 11.2. The van der Waals surface area contributed by atoms with Crippen molar-refractivity contribution in [2.24, 2.45) is 0 Å². The van der Waals surface area contributed by atoms with E-state index in [1.165, 1.54) is 10.9 Å². The molecule has 0 bridgehead atoms. The van der Waals surface area contributed by atoms with E-state index in [0.29, 0.717) is 33.1 Å². The Balaban J connectivity index is 1.58. The summed E-state index contributed by atoms with van der Waals surface area (Å²) in [5, 5.41) is 12.5. The third-order valence-electron chi connectivity index (χ3n) is 5.54. The topological polar surface area (TPSA) is 110 Å². The van der Waals surface area contributed by atoms with E-state index in [1.807, 2.05) is 32.0 Å². The highest BCUT2D eigenvalue weighted by molar-refractivity contribution is 6.30. The maximum absolute atomic E-state index is 12.8. The highest BCUT2D eigenvalue weighted by Crippen LogP contribution is 2.20. The number of carbonyl (C=O) groups is 1. The van der Waals surface area contributed by atoms with E-state index in [2.05, 4.69) is 25.5 Å². The summed E-state index contributed by atoms with van der Waals surface area (Å²) in [5.74, 6) is 0.168. The quantitative estimate of drug-likeness (QED) is 0.408. The summed E-state index contributed by atoms with van der Waals surface area (Å²) in [7, 11) is 0. The fourth-order valence-corrected chi connectivity index (χ4v) is 3.72. The second kappa shape index (κ2) is 8.27. The van der Waals surface area contributed by atoms with Crippen molar-refractivity contribution in [2.45, 2.75) is 20.8 Å². The van der Waals surface area contributed by atoms with E-state index >= 15 is 0 Å². The standard InChI is InChI=1S/C24H20ClN7O2/c1-13-4-9-18(10-14(13)2)31-21-19(12-26-31)23(34)29-24(28-21)32-20(11-15(3)30-32)27-22(33)16-5-7-17(25)8-6-16/h4-12H,1-3H3,(H,27,33)(H,28,29,34). The number of H-pyrrole nitrogens is 1. The van der Waals surface area contributed by atoms with Gasteiger partial charge in [-0.3, -0.25) is 14.6 Å². The Morgan fingerprint density at radius 2 is 1.76 bits per heavy atom. The number of aryl methyl sites for hydroxylation is 3. The lowest BCUT2D eigenvalue weighted by atomic mass is 10.1. The Morgan fingerprint density at radius 1 is 1.00 bits per heavy atom. The Bertz CT molecular complexity index is 1610. The van der Waals surface area contributed by atoms with Gasteiger partial charge in [0, 0.05) is 16.7 Å². The summed E-state index contributed by atoms with van der Waals surface area (Å²) in [6.07, 6.45) is 1.48. The number of anilines is 1. The van der Waals surface area contributed by atoms with Gasteiger partial charge in [-0.2, -0.15) is 19.9 Å². The van der Waals surface area contributed by atoms with Crippen molar-refractivity contribution >= 4 is 34.4 Å². The molecule has 0 radical (unpaired) electrons. The molecule has 5 aromatic rings. The summed E-state index contributed by atoms with van der Waals surface area (Å²) >= 11 is 5.92. The van der Waals surface area contributed by atoms with Crippen molar-refractivity contribution in [3.63, 3.8) is 0 Å². The minimum atomic E-state index is -0.363. The summed E-state index contributed by atoms with van der Waals surface area (Å²) in [6.45, 7) is 5.82. The van der Waals surface area contributed by atoms with E-state index in [0.717, 1.165) is 16.8 Å². The Hall–Kier alpha value is -4.24. The molecule has 170 valence electrons. The number of carbonyl (C=O) groups excluding carboxylic acids is 1. The zero-order chi connectivity index (χ0) is 24.0. The first-order valence-corrected chi connectivity index (χ1v) is 10.9. The van der Waals surface area contributed by atoms with Crippen LogP contribution in [0.4, 0.5) is 5.82 Å². The zero-order valence-electron chi connectivity index (χ0n) is 18.6. The van der Waals surface area contributed by atoms with Gasteiger partial charge in [0.1, 0.15) is 11.2 Å². The van der Waals surface area contributed by atoms with Crippen LogP contribution in [0, 0.1) is 20.8 Å². The van der Waals surface area contributed by atoms with E-state index in [1.54, 1.807) is 41.9 Å². The monoisotopic (exact) mass is 473 g/mol. The highest BCUT2D eigenvalue weighted by atomic mass is 35.5. The molecule has 10 heteroatoms. The first-order valence-electron chi connectivity index (χ1n) is 10.5. The van der Waals surface area contributed by atoms with Crippen LogP contribution >= 0.6 is 11.6 Å². The van der Waals surface area contributed by atoms with E-state index < -0.39 is 0 Å². The van der Waals surface area contributed by atoms with E-state index in [4.69, 9.17) is 11.6 Å². The molecule has 34 heavy (non-hydrogen) atoms. The molecule has 2 aromatic carbocycles. The molecule has 0 unspecified atom stereocenters. The molecule has 0 spiro atoms. The van der Waals surface area contributed by atoms with Crippen molar-refractivity contribution in [1.29, 1.82) is 0 Å². The summed E-state index contributed by atoms with van der Waals surface area (Å²) in [5.41, 5.74) is 4.12. The van der Waals surface area contributed by atoms with Gasteiger partial charge in [-0.05, 0) is 68.3 Å². The third kappa shape index (κ3) is 3.86. The predicted molar refractivity (Wildman–Crippen MR) is 130 cm³/mol. The summed E-state index contributed by atoms with van der Waals surface area (Å²) < 4.78 is 3.00. The SMILES string of the molecule is Cc1cc(NC(=O)c2ccc(Cl)cc2)n(-c2nc3c(cnn3-c3ccc(C)c(C)c3)c(=O)[nH]2)n1. The minimum absolute atomic E-state index is 0.155. The number of halogens is 1. The molecule has 0 aliphatic carbocycles. The number of aromatic amines is 1. The molecule has 0 fully saturated rings. The number of nitrogens with one attached hydrogen (secondary N) is 2. The third-order valence-corrected chi connectivity index (χ3v) is 5.79. The second-order valence-electron chi connectivity index (χ2n) is 8.00. The van der Waals surface area contributed by atoms with Gasteiger partial charge in [-0.15, -0.1) is 0 Å². The molecule has 9 nitrogen and oxygen atoms in total. The van der Waals surface area contributed by atoms with Crippen LogP contribution in [0.2, 0.25) is 5.02 Å². The van der Waals surface area contributed by atoms with Crippen molar-refractivity contribution < 1.29 is 4.79 Å². The zero-order valence-corrected chi connectivity index (χ0v) is 19.4. The largest absolute Gasteiger partial charge is 0.306 e. The van der Waals surface area contributed by atoms with Crippen LogP contribution in [0.3, 0.4) is 0 Å². The molecule has 0 saturated carbocycles. The molecule has 0 atom stereocenters. The van der Waals surface area contributed by atoms with Crippen molar-refractivity contribution in [3.8, 4) is 11.6 Å². The van der Waals surface area contributed by atoms with Crippen LogP contribution in [0.5, 0.6) is 0 Å². The first kappa shape index (κ1) is 21.6. The van der Waals surface area contributed by atoms with Gasteiger partial charge < -0.3 is 5.32 Å². The van der Waals surface area contributed by atoms with Gasteiger partial charge in [0.15, 0.2) is 5.65 Å². The lowest BCUT2D eigenvalue weighted by Gasteiger charge is -2.09. The van der Waals surface area contributed by atoms with E-state index in [9.17, 15) is 9.59 Å². The van der Waals surface area contributed by atoms with Gasteiger partial charge in [-0.1, -0.05) is 17.7 Å². The number of nitrogens with zero attached hydrogens (tertiary/aromatic N) is 5. The molecule has 2 N–H and O–H groups in total. The molecule has 3 aromatic heterocycles. The van der Waals surface area contributed by atoms with Gasteiger partial charge in [0.2, 0.25) is 5.95 Å². The fourth-order valence-electron chi connectivity index (χ4n) is 3.59. The maximum Gasteiger partial charge on any atom is 0.263 e. The van der Waals surface area contributed by atoms with Gasteiger partial charge in [0.25, 0.3) is 11.5 Å². The second-order valence-corrected chi connectivity index (χ2v) is 8.43. The molecule has 5 rings (SSSR count). The van der Waals surface area contributed by atoms with Crippen molar-refractivity contribution in [1.82, 2.24) is 29.5 Å². The number of amides is 1. The van der Waals surface area contributed by atoms with Crippen LogP contribution in [-0.2, 0) is 0 Å². The number of hydrogen-bond acceptors (Lipinski definition) is 5. The molecule has 0 aliphatic heterocycles. The predicted octanol–water partition coefficient (Wildman–Crippen LogP) is 4.13. The van der Waals surface area contributed by atoms with Crippen LogP contribution < -0.4 is 10.9 Å². The molecular formula is C24H20ClN7O2. The number of rotatable bonds is 4. The van der Waals surface area contributed by atoms with Crippen LogP contribution in [0.25, 0.3) is 22.7 Å². The van der Waals surface area contributed by atoms with Crippen LogP contribution in [0.1, 0.15) is 27.2 Å². The molecule has 1 amide bonds. The lowest BCUT2D eigenvalue weighted by Crippen LogP contribution is -2.19. The number of hydrogen-bond donors (Lipinski definition) is 2. The van der Waals surface area contributed by atoms with Gasteiger partial charge in [-0.25, -0.2) is 4.68 Å². The minimum Gasteiger partial charge on any atom is -0.306 e. The van der Waals surface area contributed by atoms with Gasteiger partial charge >= 0.3 is 0 Å². The van der Waals surface area contributed by atoms with Crippen LogP contribution in [0.15, 0.2) is 59.5 Å². The first-order chi connectivity index (χ1) is 16.3. The Labute approximate surface area is 199 Å².